The molecule has 0 aromatic heterocycles. The summed E-state index contributed by atoms with van der Waals surface area (Å²) in [6.07, 6.45) is 15.4. The Morgan fingerprint density at radius 1 is 0.870 bits per heavy atom. The van der Waals surface area contributed by atoms with Crippen molar-refractivity contribution in [2.45, 2.75) is 125 Å². The third-order valence-electron chi connectivity index (χ3n) is 13.5. The first-order valence-electron chi connectivity index (χ1n) is 18.7. The van der Waals surface area contributed by atoms with Crippen LogP contribution in [0.15, 0.2) is 12.2 Å². The highest BCUT2D eigenvalue weighted by molar-refractivity contribution is 5.87. The van der Waals surface area contributed by atoms with E-state index in [1.165, 1.54) is 64.2 Å². The zero-order valence-electron chi connectivity index (χ0n) is 29.9. The van der Waals surface area contributed by atoms with E-state index >= 15 is 0 Å². The van der Waals surface area contributed by atoms with Crippen LogP contribution in [0, 0.1) is 64.1 Å². The van der Waals surface area contributed by atoms with Gasteiger partial charge in [-0.3, -0.25) is 4.79 Å². The van der Waals surface area contributed by atoms with Gasteiger partial charge in [0.2, 0.25) is 0 Å². The van der Waals surface area contributed by atoms with Gasteiger partial charge in [0, 0.05) is 0 Å². The molecule has 0 aliphatic heterocycles. The largest absolute Gasteiger partial charge is 0.463 e. The molecular formula is C39H66O7. The monoisotopic (exact) mass is 646 g/mol. The molecule has 0 aromatic carbocycles. The summed E-state index contributed by atoms with van der Waals surface area (Å²) in [5, 5.41) is 18.5. The maximum absolute atomic E-state index is 12.2. The van der Waals surface area contributed by atoms with Crippen molar-refractivity contribution in [3.8, 4) is 0 Å². The predicted molar refractivity (Wildman–Crippen MR) is 181 cm³/mol. The molecule has 7 heteroatoms. The van der Waals surface area contributed by atoms with Crippen molar-refractivity contribution in [1.29, 1.82) is 0 Å². The summed E-state index contributed by atoms with van der Waals surface area (Å²) in [7, 11) is 0. The predicted octanol–water partition coefficient (Wildman–Crippen LogP) is 7.37. The fourth-order valence-corrected chi connectivity index (χ4v) is 10.7. The Balaban J connectivity index is 1.33. The first-order valence-corrected chi connectivity index (χ1v) is 18.7. The maximum Gasteiger partial charge on any atom is 0.335 e. The Hall–Kier alpha value is -1.44. The Morgan fingerprint density at radius 3 is 2.26 bits per heavy atom. The second-order valence-corrected chi connectivity index (χ2v) is 16.9. The van der Waals surface area contributed by atoms with Crippen molar-refractivity contribution in [3.05, 3.63) is 12.2 Å². The van der Waals surface area contributed by atoms with Crippen molar-refractivity contribution < 1.29 is 34.0 Å². The number of rotatable bonds is 16. The van der Waals surface area contributed by atoms with Crippen molar-refractivity contribution in [3.63, 3.8) is 0 Å². The molecule has 0 heterocycles. The van der Waals surface area contributed by atoms with E-state index in [0.29, 0.717) is 29.3 Å². The van der Waals surface area contributed by atoms with Crippen LogP contribution in [-0.4, -0.2) is 61.3 Å². The van der Waals surface area contributed by atoms with Gasteiger partial charge < -0.3 is 24.4 Å². The number of hydrogen-bond acceptors (Lipinski definition) is 7. The molecule has 11 atom stereocenters. The van der Waals surface area contributed by atoms with E-state index < -0.39 is 30.6 Å². The molecule has 4 saturated carbocycles. The van der Waals surface area contributed by atoms with Gasteiger partial charge in [0.25, 0.3) is 0 Å². The Kier molecular flexibility index (Phi) is 13.3. The van der Waals surface area contributed by atoms with Crippen molar-refractivity contribution in [1.82, 2.24) is 0 Å². The van der Waals surface area contributed by atoms with Crippen LogP contribution in [0.2, 0.25) is 0 Å². The van der Waals surface area contributed by atoms with Crippen LogP contribution in [0.5, 0.6) is 0 Å². The van der Waals surface area contributed by atoms with Crippen LogP contribution >= 0.6 is 0 Å². The number of carbonyl (C=O) groups is 2. The molecule has 7 nitrogen and oxygen atoms in total. The molecule has 0 radical (unpaired) electrons. The number of aliphatic hydroxyl groups is 2. The molecule has 4 aliphatic carbocycles. The minimum atomic E-state index is -0.686. The highest BCUT2D eigenvalue weighted by atomic mass is 16.6. The molecule has 0 bridgehead atoms. The fourth-order valence-electron chi connectivity index (χ4n) is 10.7. The van der Waals surface area contributed by atoms with Crippen molar-refractivity contribution in [2.75, 3.05) is 33.0 Å². The Morgan fingerprint density at radius 2 is 1.57 bits per heavy atom. The van der Waals surface area contributed by atoms with Gasteiger partial charge in [-0.05, 0) is 123 Å². The lowest BCUT2D eigenvalue weighted by atomic mass is 9.44. The lowest BCUT2D eigenvalue weighted by Crippen LogP contribution is -2.54. The normalized spacial score (nSPS) is 35.8. The van der Waals surface area contributed by atoms with Gasteiger partial charge in [-0.15, -0.1) is 0 Å². The van der Waals surface area contributed by atoms with Crippen LogP contribution in [-0.2, 0) is 23.8 Å². The Bertz CT molecular complexity index is 1030. The van der Waals surface area contributed by atoms with Crippen LogP contribution < -0.4 is 0 Å². The van der Waals surface area contributed by atoms with Gasteiger partial charge in [-0.25, -0.2) is 4.79 Å². The Labute approximate surface area is 279 Å². The number of fused-ring (bicyclic) bond motifs is 5. The fraction of sp³-hybridized carbons (Fsp3) is 0.897. The van der Waals surface area contributed by atoms with E-state index in [9.17, 15) is 19.8 Å². The standard InChI is InChI=1S/C39H66O7/c1-25(2)9-8-10-26(3)33-13-14-34-32-12-11-30-19-29(15-17-38(30,6)35(32)16-18-39(33,34)7)22-44-31(23-45-36(42)27(4)20-40)24-46-37(43)28(5)21-41/h25-26,28-35,40-41H,4,8-24H2,1-3,5-7H3/t26-,28?,29+,30+,31?,32+,33-,34+,35+,38+,39-/m1/s1. The number of ether oxygens (including phenoxy) is 3. The summed E-state index contributed by atoms with van der Waals surface area (Å²) < 4.78 is 17.0. The minimum Gasteiger partial charge on any atom is -0.463 e. The zero-order chi connectivity index (χ0) is 33.6. The molecule has 0 amide bonds. The van der Waals surface area contributed by atoms with Gasteiger partial charge in [0.1, 0.15) is 19.3 Å². The molecule has 0 saturated heterocycles. The SMILES string of the molecule is C=C(CO)C(=O)OCC(COC(=O)C(C)CO)OC[C@H]1CC[C@@]2(C)[C@@H](CC[C@@H]3[C@@H]2CC[C@]2(C)[C@@H]([C@H](C)CCCC(C)C)CC[C@@H]32)C1. The van der Waals surface area contributed by atoms with E-state index in [0.717, 1.165) is 48.3 Å². The summed E-state index contributed by atoms with van der Waals surface area (Å²) in [5.41, 5.74) is 0.892. The average Bonchev–Trinajstić information content (AvgIpc) is 3.40. The second-order valence-electron chi connectivity index (χ2n) is 16.9. The van der Waals surface area contributed by atoms with Gasteiger partial charge in [0.05, 0.1) is 31.3 Å². The van der Waals surface area contributed by atoms with Crippen molar-refractivity contribution in [2.24, 2.45) is 64.1 Å². The third kappa shape index (κ3) is 8.40. The summed E-state index contributed by atoms with van der Waals surface area (Å²) in [6.45, 7) is 17.3. The zero-order valence-corrected chi connectivity index (χ0v) is 29.9. The number of hydrogen-bond donors (Lipinski definition) is 2. The molecular weight excluding hydrogens is 580 g/mol. The summed E-state index contributed by atoms with van der Waals surface area (Å²) in [6, 6.07) is 0. The van der Waals surface area contributed by atoms with Gasteiger partial charge in [-0.1, -0.05) is 60.5 Å². The molecule has 0 aromatic rings. The van der Waals surface area contributed by atoms with Crippen molar-refractivity contribution >= 4 is 11.9 Å². The van der Waals surface area contributed by atoms with Gasteiger partial charge in [-0.2, -0.15) is 0 Å². The quantitative estimate of drug-likeness (QED) is 0.133. The van der Waals surface area contributed by atoms with E-state index in [1.54, 1.807) is 6.92 Å². The summed E-state index contributed by atoms with van der Waals surface area (Å²) in [4.78, 5) is 24.3. The average molecular weight is 647 g/mol. The topological polar surface area (TPSA) is 102 Å². The van der Waals surface area contributed by atoms with E-state index in [4.69, 9.17) is 14.2 Å². The van der Waals surface area contributed by atoms with Crippen LogP contribution in [0.4, 0.5) is 0 Å². The first-order chi connectivity index (χ1) is 21.8. The number of esters is 2. The molecule has 2 N–H and O–H groups in total. The van der Waals surface area contributed by atoms with E-state index in [-0.39, 0.29) is 25.4 Å². The maximum atomic E-state index is 12.2. The van der Waals surface area contributed by atoms with Crippen LogP contribution in [0.3, 0.4) is 0 Å². The summed E-state index contributed by atoms with van der Waals surface area (Å²) >= 11 is 0. The molecule has 46 heavy (non-hydrogen) atoms. The molecule has 4 fully saturated rings. The smallest absolute Gasteiger partial charge is 0.335 e. The van der Waals surface area contributed by atoms with Crippen LogP contribution in [0.25, 0.3) is 0 Å². The highest BCUT2D eigenvalue weighted by Crippen LogP contribution is 2.68. The third-order valence-corrected chi connectivity index (χ3v) is 13.5. The van der Waals surface area contributed by atoms with Crippen LogP contribution in [0.1, 0.15) is 119 Å². The molecule has 0 spiro atoms. The lowest BCUT2D eigenvalue weighted by Gasteiger charge is -2.61. The second kappa shape index (κ2) is 16.3. The van der Waals surface area contributed by atoms with Gasteiger partial charge in [0.15, 0.2) is 0 Å². The summed E-state index contributed by atoms with van der Waals surface area (Å²) in [5.74, 6) is 4.45. The molecule has 4 aliphatic rings. The highest BCUT2D eigenvalue weighted by Gasteiger charge is 2.60. The molecule has 264 valence electrons. The number of carbonyl (C=O) groups excluding carboxylic acids is 2. The first kappa shape index (κ1) is 37.4. The minimum absolute atomic E-state index is 0.0286. The van der Waals surface area contributed by atoms with Gasteiger partial charge >= 0.3 is 11.9 Å². The molecule has 2 unspecified atom stereocenters. The lowest BCUT2D eigenvalue weighted by molar-refractivity contribution is -0.159. The van der Waals surface area contributed by atoms with E-state index in [2.05, 4.69) is 41.2 Å². The molecule has 4 rings (SSSR count). The number of aliphatic hydroxyl groups excluding tert-OH is 2. The van der Waals surface area contributed by atoms with E-state index in [1.807, 2.05) is 0 Å².